The maximum absolute atomic E-state index is 14.6. The van der Waals surface area contributed by atoms with E-state index in [9.17, 15) is 25.4 Å². The molecule has 0 bridgehead atoms. The molecule has 1 amide bonds. The minimum absolute atomic E-state index is 0.259. The summed E-state index contributed by atoms with van der Waals surface area (Å²) in [5, 5.41) is 51.4. The molecule has 44 heavy (non-hydrogen) atoms. The molecule has 5 rings (SSSR count). The second-order valence-electron chi connectivity index (χ2n) is 10.8. The molecule has 7 atom stereocenters. The normalized spacial score (nSPS) is 27.0. The second kappa shape index (κ2) is 13.8. The van der Waals surface area contributed by atoms with E-state index in [1.54, 1.807) is 42.6 Å². The zero-order valence-corrected chi connectivity index (χ0v) is 25.6. The lowest BCUT2D eigenvalue weighted by Crippen LogP contribution is -2.63. The fourth-order valence-corrected chi connectivity index (χ4v) is 6.28. The third kappa shape index (κ3) is 6.27. The molecule has 0 radical (unpaired) electrons. The number of methoxy groups -OCH3 is 2. The number of halogens is 2. The molecule has 14 heteroatoms. The van der Waals surface area contributed by atoms with Crippen molar-refractivity contribution in [3.63, 3.8) is 0 Å². The minimum Gasteiger partial charge on any atom is -0.497 e. The monoisotopic (exact) mass is 645 g/mol. The van der Waals surface area contributed by atoms with Crippen LogP contribution in [0.1, 0.15) is 37.3 Å². The summed E-state index contributed by atoms with van der Waals surface area (Å²) in [6.07, 6.45) is -1.68. The molecule has 1 aliphatic heterocycles. The number of benzene rings is 2. The molecule has 12 nitrogen and oxygen atoms in total. The standard InChI is InChI=1S/C30H33Cl2N5O7/c1-42-19-10-16(13-33)9-18(12-19)37(23-5-3-4-6-24(23)39)30(41)29-28(43-2)26(27(40)25(15-38)44-29)36-14-22(34-35-36)17-7-8-20(31)21(32)11-17/h7-12,14,23-29,38-40H,3-6,15H2,1-2H3/t23-,24-,25?,26?,27?,28?,29?/m0/s1. The maximum atomic E-state index is 14.6. The number of rotatable bonds is 8. The Hall–Kier alpha value is -3.28. The summed E-state index contributed by atoms with van der Waals surface area (Å²) < 4.78 is 18.6. The van der Waals surface area contributed by atoms with E-state index in [0.29, 0.717) is 45.6 Å². The van der Waals surface area contributed by atoms with Crippen molar-refractivity contribution in [3.05, 3.63) is 58.2 Å². The number of hydrogen-bond acceptors (Lipinski definition) is 10. The van der Waals surface area contributed by atoms with Crippen LogP contribution in [0.25, 0.3) is 11.3 Å². The minimum atomic E-state index is -1.35. The van der Waals surface area contributed by atoms with Crippen LogP contribution in [0.5, 0.6) is 5.75 Å². The fourth-order valence-electron chi connectivity index (χ4n) is 5.99. The quantitative estimate of drug-likeness (QED) is 0.331. The first-order chi connectivity index (χ1) is 21.2. The Labute approximate surface area is 264 Å². The maximum Gasteiger partial charge on any atom is 0.259 e. The van der Waals surface area contributed by atoms with E-state index in [1.807, 2.05) is 0 Å². The number of hydrogen-bond donors (Lipinski definition) is 3. The number of nitriles is 1. The van der Waals surface area contributed by atoms with Gasteiger partial charge in [0.2, 0.25) is 0 Å². The van der Waals surface area contributed by atoms with Crippen LogP contribution in [-0.2, 0) is 14.3 Å². The van der Waals surface area contributed by atoms with E-state index in [2.05, 4.69) is 16.4 Å². The molecule has 5 unspecified atom stereocenters. The molecular weight excluding hydrogens is 613 g/mol. The molecule has 0 spiro atoms. The van der Waals surface area contributed by atoms with Gasteiger partial charge in [-0.2, -0.15) is 5.26 Å². The largest absolute Gasteiger partial charge is 0.497 e. The van der Waals surface area contributed by atoms with Crippen LogP contribution >= 0.6 is 23.2 Å². The van der Waals surface area contributed by atoms with Gasteiger partial charge in [-0.25, -0.2) is 4.68 Å². The number of aromatic nitrogens is 3. The zero-order valence-electron chi connectivity index (χ0n) is 24.1. The SMILES string of the molecule is COc1cc(C#N)cc(N(C(=O)C2OC(CO)C(O)C(n3cc(-c4ccc(Cl)c(Cl)c4)nn3)C2OC)[C@H]2CCCC[C@@H]2O)c1. The van der Waals surface area contributed by atoms with Crippen LogP contribution < -0.4 is 9.64 Å². The van der Waals surface area contributed by atoms with Gasteiger partial charge in [-0.1, -0.05) is 47.3 Å². The molecule has 1 aromatic heterocycles. The molecule has 2 fully saturated rings. The van der Waals surface area contributed by atoms with E-state index in [-0.39, 0.29) is 5.56 Å². The van der Waals surface area contributed by atoms with Gasteiger partial charge in [0.25, 0.3) is 5.91 Å². The number of carbonyl (C=O) groups is 1. The molecular formula is C30H33Cl2N5O7. The van der Waals surface area contributed by atoms with Gasteiger partial charge in [0.1, 0.15) is 35.8 Å². The van der Waals surface area contributed by atoms with Crippen LogP contribution in [0, 0.1) is 11.3 Å². The lowest BCUT2D eigenvalue weighted by atomic mass is 9.88. The number of aliphatic hydroxyl groups is 3. The van der Waals surface area contributed by atoms with Gasteiger partial charge in [-0.15, -0.1) is 5.10 Å². The molecule has 2 aromatic carbocycles. The van der Waals surface area contributed by atoms with Gasteiger partial charge < -0.3 is 34.4 Å². The smallest absolute Gasteiger partial charge is 0.259 e. The number of ether oxygens (including phenoxy) is 3. The summed E-state index contributed by atoms with van der Waals surface area (Å²) in [5.74, 6) is -0.228. The van der Waals surface area contributed by atoms with Gasteiger partial charge in [-0.3, -0.25) is 4.79 Å². The summed E-state index contributed by atoms with van der Waals surface area (Å²) in [7, 11) is 2.83. The molecule has 1 saturated carbocycles. The molecule has 1 aliphatic carbocycles. The highest BCUT2D eigenvalue weighted by Gasteiger charge is 2.52. The average molecular weight is 647 g/mol. The highest BCUT2D eigenvalue weighted by molar-refractivity contribution is 6.42. The van der Waals surface area contributed by atoms with Crippen LogP contribution in [0.4, 0.5) is 5.69 Å². The summed E-state index contributed by atoms with van der Waals surface area (Å²) >= 11 is 12.3. The zero-order chi connectivity index (χ0) is 31.5. The van der Waals surface area contributed by atoms with Gasteiger partial charge in [0, 0.05) is 24.4 Å². The number of aliphatic hydroxyl groups excluding tert-OH is 3. The lowest BCUT2D eigenvalue weighted by molar-refractivity contribution is -0.211. The number of anilines is 1. The second-order valence-corrected chi connectivity index (χ2v) is 11.6. The van der Waals surface area contributed by atoms with Crippen molar-refractivity contribution >= 4 is 34.8 Å². The van der Waals surface area contributed by atoms with Crippen molar-refractivity contribution in [2.45, 2.75) is 68.3 Å². The van der Waals surface area contributed by atoms with Gasteiger partial charge in [0.05, 0.1) is 53.7 Å². The molecule has 3 aromatic rings. The van der Waals surface area contributed by atoms with Crippen molar-refractivity contribution in [2.24, 2.45) is 0 Å². The van der Waals surface area contributed by atoms with Crippen LogP contribution in [0.2, 0.25) is 10.0 Å². The van der Waals surface area contributed by atoms with Crippen LogP contribution in [0.3, 0.4) is 0 Å². The lowest BCUT2D eigenvalue weighted by Gasteiger charge is -2.46. The molecule has 2 heterocycles. The van der Waals surface area contributed by atoms with Crippen molar-refractivity contribution in [1.82, 2.24) is 15.0 Å². The Morgan fingerprint density at radius 2 is 1.93 bits per heavy atom. The van der Waals surface area contributed by atoms with Crippen molar-refractivity contribution in [1.29, 1.82) is 5.26 Å². The van der Waals surface area contributed by atoms with E-state index < -0.39 is 55.1 Å². The van der Waals surface area contributed by atoms with E-state index in [0.717, 1.165) is 12.8 Å². The third-order valence-electron chi connectivity index (χ3n) is 8.21. The highest BCUT2D eigenvalue weighted by Crippen LogP contribution is 2.37. The van der Waals surface area contributed by atoms with Crippen LogP contribution in [0.15, 0.2) is 42.6 Å². The van der Waals surface area contributed by atoms with Gasteiger partial charge >= 0.3 is 0 Å². The van der Waals surface area contributed by atoms with E-state index in [4.69, 9.17) is 37.4 Å². The first kappa shape index (κ1) is 32.1. The van der Waals surface area contributed by atoms with E-state index in [1.165, 1.54) is 23.8 Å². The summed E-state index contributed by atoms with van der Waals surface area (Å²) in [4.78, 5) is 16.0. The Balaban J connectivity index is 1.56. The predicted molar refractivity (Wildman–Crippen MR) is 161 cm³/mol. The number of amides is 1. The first-order valence-corrected chi connectivity index (χ1v) is 14.9. The van der Waals surface area contributed by atoms with E-state index >= 15 is 0 Å². The highest BCUT2D eigenvalue weighted by atomic mass is 35.5. The van der Waals surface area contributed by atoms with Crippen molar-refractivity contribution in [2.75, 3.05) is 25.7 Å². The van der Waals surface area contributed by atoms with Crippen LogP contribution in [-0.4, -0.2) is 93.6 Å². The fraction of sp³-hybridized carbons (Fsp3) is 0.467. The Bertz CT molecular complexity index is 1530. The van der Waals surface area contributed by atoms with Gasteiger partial charge in [0.15, 0.2) is 6.10 Å². The molecule has 3 N–H and O–H groups in total. The number of nitrogens with zero attached hydrogens (tertiary/aromatic N) is 5. The Morgan fingerprint density at radius 3 is 2.59 bits per heavy atom. The molecule has 2 aliphatic rings. The topological polar surface area (TPSA) is 163 Å². The number of carbonyl (C=O) groups excluding carboxylic acids is 1. The van der Waals surface area contributed by atoms with Crippen molar-refractivity contribution in [3.8, 4) is 23.1 Å². The van der Waals surface area contributed by atoms with Gasteiger partial charge in [-0.05, 0) is 37.1 Å². The summed E-state index contributed by atoms with van der Waals surface area (Å²) in [6.45, 7) is -0.601. The summed E-state index contributed by atoms with van der Waals surface area (Å²) in [5.41, 5.74) is 1.64. The Kier molecular flexibility index (Phi) is 10.1. The molecule has 1 saturated heterocycles. The third-order valence-corrected chi connectivity index (χ3v) is 8.95. The Morgan fingerprint density at radius 1 is 1.16 bits per heavy atom. The predicted octanol–water partition coefficient (Wildman–Crippen LogP) is 3.15. The molecule has 234 valence electrons. The van der Waals surface area contributed by atoms with Crippen molar-refractivity contribution < 1.29 is 34.3 Å². The summed E-state index contributed by atoms with van der Waals surface area (Å²) in [6, 6.07) is 10.1. The average Bonchev–Trinajstić information content (AvgIpc) is 3.52. The first-order valence-electron chi connectivity index (χ1n) is 14.2.